The van der Waals surface area contributed by atoms with Crippen LogP contribution in [0.1, 0.15) is 11.1 Å². The number of rotatable bonds is 1. The lowest BCUT2D eigenvalue weighted by Crippen LogP contribution is -2.34. The molecule has 0 atom stereocenters. The van der Waals surface area contributed by atoms with Crippen molar-refractivity contribution in [3.8, 4) is 0 Å². The van der Waals surface area contributed by atoms with Gasteiger partial charge in [0.2, 0.25) is 0 Å². The third-order valence-corrected chi connectivity index (χ3v) is 3.09. The largest absolute Gasteiger partial charge is 0.328 e. The van der Waals surface area contributed by atoms with Crippen molar-refractivity contribution >= 4 is 28.8 Å². The molecule has 0 saturated heterocycles. The Balaban J connectivity index is 2.10. The molecule has 0 bridgehead atoms. The van der Waals surface area contributed by atoms with Crippen molar-refractivity contribution in [1.82, 2.24) is 4.90 Å². The van der Waals surface area contributed by atoms with Crippen LogP contribution in [0.2, 0.25) is 0 Å². The van der Waals surface area contributed by atoms with Crippen LogP contribution in [-0.4, -0.2) is 22.5 Å². The van der Waals surface area contributed by atoms with Crippen LogP contribution in [-0.2, 0) is 4.79 Å². The van der Waals surface area contributed by atoms with Crippen molar-refractivity contribution in [3.05, 3.63) is 53.4 Å². The molecule has 2 heterocycles. The van der Waals surface area contributed by atoms with Gasteiger partial charge in [0, 0.05) is 23.5 Å². The SMILES string of the molecule is O=C(Cl)C1=CN=C2c3ccccc3C=CN2C1. The maximum Gasteiger partial charge on any atom is 0.251 e. The molecule has 0 aliphatic carbocycles. The van der Waals surface area contributed by atoms with Crippen molar-refractivity contribution in [1.29, 1.82) is 0 Å². The van der Waals surface area contributed by atoms with Gasteiger partial charge in [0.05, 0.1) is 6.54 Å². The second kappa shape index (κ2) is 3.86. The van der Waals surface area contributed by atoms with Crippen LogP contribution in [0.4, 0.5) is 0 Å². The Kier molecular flexibility index (Phi) is 2.34. The zero-order chi connectivity index (χ0) is 11.8. The quantitative estimate of drug-likeness (QED) is 0.711. The van der Waals surface area contributed by atoms with Gasteiger partial charge in [-0.1, -0.05) is 24.3 Å². The summed E-state index contributed by atoms with van der Waals surface area (Å²) in [5.41, 5.74) is 2.73. The predicted octanol–water partition coefficient (Wildman–Crippen LogP) is 2.38. The predicted molar refractivity (Wildman–Crippen MR) is 67.7 cm³/mol. The topological polar surface area (TPSA) is 32.7 Å². The molecule has 0 N–H and O–H groups in total. The van der Waals surface area contributed by atoms with E-state index >= 15 is 0 Å². The van der Waals surface area contributed by atoms with E-state index in [9.17, 15) is 4.79 Å². The van der Waals surface area contributed by atoms with Crippen LogP contribution in [0, 0.1) is 0 Å². The van der Waals surface area contributed by atoms with Crippen LogP contribution < -0.4 is 0 Å². The maximum absolute atomic E-state index is 11.1. The monoisotopic (exact) mass is 244 g/mol. The van der Waals surface area contributed by atoms with E-state index in [-0.39, 0.29) is 0 Å². The van der Waals surface area contributed by atoms with Crippen molar-refractivity contribution in [3.63, 3.8) is 0 Å². The second-order valence-electron chi connectivity index (χ2n) is 3.91. The number of amidine groups is 1. The van der Waals surface area contributed by atoms with Crippen molar-refractivity contribution in [2.75, 3.05) is 6.54 Å². The Labute approximate surface area is 104 Å². The lowest BCUT2D eigenvalue weighted by atomic mass is 10.0. The molecule has 4 heteroatoms. The van der Waals surface area contributed by atoms with Gasteiger partial charge < -0.3 is 4.90 Å². The molecular weight excluding hydrogens is 236 g/mol. The van der Waals surface area contributed by atoms with E-state index in [0.29, 0.717) is 12.1 Å². The van der Waals surface area contributed by atoms with E-state index in [0.717, 1.165) is 17.0 Å². The number of fused-ring (bicyclic) bond motifs is 3. The first-order valence-corrected chi connectivity index (χ1v) is 5.64. The second-order valence-corrected chi connectivity index (χ2v) is 4.25. The number of hydrogen-bond donors (Lipinski definition) is 0. The van der Waals surface area contributed by atoms with Gasteiger partial charge in [-0.05, 0) is 23.2 Å². The molecule has 17 heavy (non-hydrogen) atoms. The highest BCUT2D eigenvalue weighted by Crippen LogP contribution is 2.24. The summed E-state index contributed by atoms with van der Waals surface area (Å²) < 4.78 is 0. The minimum absolute atomic E-state index is 0.444. The lowest BCUT2D eigenvalue weighted by Gasteiger charge is -2.29. The molecule has 0 aromatic heterocycles. The molecule has 2 aliphatic heterocycles. The highest BCUT2D eigenvalue weighted by atomic mass is 35.5. The van der Waals surface area contributed by atoms with Crippen molar-refractivity contribution in [2.45, 2.75) is 0 Å². The summed E-state index contributed by atoms with van der Waals surface area (Å²) in [6.07, 6.45) is 5.49. The Morgan fingerprint density at radius 2 is 2.18 bits per heavy atom. The van der Waals surface area contributed by atoms with E-state index in [2.05, 4.69) is 4.99 Å². The van der Waals surface area contributed by atoms with Gasteiger partial charge in [0.15, 0.2) is 0 Å². The molecule has 0 fully saturated rings. The normalized spacial score (nSPS) is 16.9. The molecular formula is C13H9ClN2O. The third kappa shape index (κ3) is 1.68. The first kappa shape index (κ1) is 10.3. The molecule has 0 radical (unpaired) electrons. The fraction of sp³-hybridized carbons (Fsp3) is 0.0769. The third-order valence-electron chi connectivity index (χ3n) is 2.84. The molecule has 3 rings (SSSR count). The molecule has 2 aliphatic rings. The first-order chi connectivity index (χ1) is 8.25. The average molecular weight is 245 g/mol. The summed E-state index contributed by atoms with van der Waals surface area (Å²) in [4.78, 5) is 17.3. The molecule has 0 spiro atoms. The van der Waals surface area contributed by atoms with Gasteiger partial charge in [-0.2, -0.15) is 0 Å². The van der Waals surface area contributed by atoms with Gasteiger partial charge in [-0.3, -0.25) is 4.79 Å². The summed E-state index contributed by atoms with van der Waals surface area (Å²) in [5, 5.41) is -0.444. The summed E-state index contributed by atoms with van der Waals surface area (Å²) >= 11 is 5.46. The Morgan fingerprint density at radius 1 is 1.35 bits per heavy atom. The minimum atomic E-state index is -0.444. The van der Waals surface area contributed by atoms with E-state index < -0.39 is 5.24 Å². The number of carbonyl (C=O) groups is 1. The highest BCUT2D eigenvalue weighted by Gasteiger charge is 2.23. The first-order valence-electron chi connectivity index (χ1n) is 5.26. The van der Waals surface area contributed by atoms with E-state index in [4.69, 9.17) is 11.6 Å². The molecule has 1 aromatic rings. The van der Waals surface area contributed by atoms with Crippen LogP contribution in [0.25, 0.3) is 6.08 Å². The molecule has 84 valence electrons. The summed E-state index contributed by atoms with van der Waals surface area (Å²) in [6, 6.07) is 8.03. The zero-order valence-corrected chi connectivity index (χ0v) is 9.69. The number of benzene rings is 1. The molecule has 0 amide bonds. The smallest absolute Gasteiger partial charge is 0.251 e. The van der Waals surface area contributed by atoms with Crippen LogP contribution in [0.5, 0.6) is 0 Å². The lowest BCUT2D eigenvalue weighted by molar-refractivity contribution is -0.108. The number of aliphatic imine (C=N–C) groups is 1. The van der Waals surface area contributed by atoms with Gasteiger partial charge in [-0.25, -0.2) is 4.99 Å². The van der Waals surface area contributed by atoms with E-state index in [1.54, 1.807) is 6.20 Å². The average Bonchev–Trinajstić information content (AvgIpc) is 2.38. The van der Waals surface area contributed by atoms with Crippen LogP contribution in [0.15, 0.2) is 47.2 Å². The summed E-state index contributed by atoms with van der Waals surface area (Å²) in [6.45, 7) is 0.478. The summed E-state index contributed by atoms with van der Waals surface area (Å²) in [7, 11) is 0. The van der Waals surface area contributed by atoms with Gasteiger partial charge in [-0.15, -0.1) is 0 Å². The molecule has 0 saturated carbocycles. The maximum atomic E-state index is 11.1. The number of nitrogens with zero attached hydrogens (tertiary/aromatic N) is 2. The zero-order valence-electron chi connectivity index (χ0n) is 8.93. The Bertz CT molecular complexity index is 587. The fourth-order valence-electron chi connectivity index (χ4n) is 1.99. The van der Waals surface area contributed by atoms with Gasteiger partial charge in [0.1, 0.15) is 5.84 Å². The van der Waals surface area contributed by atoms with Crippen LogP contribution >= 0.6 is 11.6 Å². The standard InChI is InChI=1S/C13H9ClN2O/c14-12(17)10-7-15-13-11-4-2-1-3-9(11)5-6-16(13)8-10/h1-7H,8H2. The van der Waals surface area contributed by atoms with E-state index in [1.165, 1.54) is 0 Å². The minimum Gasteiger partial charge on any atom is -0.328 e. The summed E-state index contributed by atoms with van der Waals surface area (Å²) in [5.74, 6) is 0.866. The van der Waals surface area contributed by atoms with Gasteiger partial charge >= 0.3 is 0 Å². The van der Waals surface area contributed by atoms with Gasteiger partial charge in [0.25, 0.3) is 5.24 Å². The molecule has 3 nitrogen and oxygen atoms in total. The Morgan fingerprint density at radius 3 is 3.00 bits per heavy atom. The molecule has 0 unspecified atom stereocenters. The number of carbonyl (C=O) groups excluding carboxylic acids is 1. The van der Waals surface area contributed by atoms with E-state index in [1.807, 2.05) is 41.4 Å². The Hall–Kier alpha value is -1.87. The van der Waals surface area contributed by atoms with Crippen molar-refractivity contribution < 1.29 is 4.79 Å². The highest BCUT2D eigenvalue weighted by molar-refractivity contribution is 6.67. The fourth-order valence-corrected chi connectivity index (χ4v) is 2.10. The molecule has 1 aromatic carbocycles. The van der Waals surface area contributed by atoms with Crippen molar-refractivity contribution in [2.24, 2.45) is 4.99 Å². The number of halogens is 1. The van der Waals surface area contributed by atoms with Crippen LogP contribution in [0.3, 0.4) is 0 Å². The number of hydrogen-bond acceptors (Lipinski definition) is 3.